The molecule has 1 aromatic heterocycles. The molecule has 13 heavy (non-hydrogen) atoms. The van der Waals surface area contributed by atoms with Gasteiger partial charge in [-0.05, 0) is 27.4 Å². The van der Waals surface area contributed by atoms with Gasteiger partial charge in [-0.25, -0.2) is 0 Å². The third kappa shape index (κ3) is 2.00. The highest BCUT2D eigenvalue weighted by Gasteiger charge is 2.17. The molecule has 0 atom stereocenters. The molecular weight excluding hydrogens is 234 g/mol. The Kier molecular flexibility index (Phi) is 3.27. The first-order valence-electron chi connectivity index (χ1n) is 4.08. The first-order chi connectivity index (χ1) is 6.07. The molecule has 1 rings (SSSR count). The number of carbonyl (C=O) groups is 1. The van der Waals surface area contributed by atoms with Crippen molar-refractivity contribution in [2.75, 3.05) is 6.61 Å². The van der Waals surface area contributed by atoms with Gasteiger partial charge in [0.05, 0.1) is 5.69 Å². The molecule has 1 heterocycles. The van der Waals surface area contributed by atoms with E-state index in [0.717, 1.165) is 10.0 Å². The Bertz CT molecular complexity index is 317. The Balaban J connectivity index is 3.15. The van der Waals surface area contributed by atoms with Gasteiger partial charge in [0.15, 0.2) is 0 Å². The molecule has 0 aliphatic carbocycles. The summed E-state index contributed by atoms with van der Waals surface area (Å²) in [7, 11) is 0. The van der Waals surface area contributed by atoms with Crippen molar-refractivity contribution >= 4 is 21.7 Å². The zero-order valence-corrected chi connectivity index (χ0v) is 9.18. The molecule has 0 spiro atoms. The van der Waals surface area contributed by atoms with Crippen LogP contribution in [0.3, 0.4) is 0 Å². The van der Waals surface area contributed by atoms with Gasteiger partial charge in [0, 0.05) is 10.7 Å². The molecule has 0 unspecified atom stereocenters. The predicted octanol–water partition coefficient (Wildman–Crippen LogP) is 2.08. The smallest absolute Gasteiger partial charge is 0.204 e. The van der Waals surface area contributed by atoms with Gasteiger partial charge in [-0.3, -0.25) is 4.79 Å². The van der Waals surface area contributed by atoms with E-state index in [4.69, 9.17) is 5.11 Å². The fourth-order valence-electron chi connectivity index (χ4n) is 1.28. The largest absolute Gasteiger partial charge is 0.388 e. The fourth-order valence-corrected chi connectivity index (χ4v) is 2.06. The molecule has 0 saturated carbocycles. The number of hydrogen-bond donors (Lipinski definition) is 2. The van der Waals surface area contributed by atoms with Crippen LogP contribution >= 0.6 is 15.9 Å². The zero-order valence-electron chi connectivity index (χ0n) is 7.60. The summed E-state index contributed by atoms with van der Waals surface area (Å²) in [4.78, 5) is 14.1. The number of aliphatic hydroxyl groups excluding tert-OH is 1. The van der Waals surface area contributed by atoms with Gasteiger partial charge in [0.1, 0.15) is 6.61 Å². The third-order valence-corrected chi connectivity index (χ3v) is 2.53. The normalized spacial score (nSPS) is 10.8. The Morgan fingerprint density at radius 1 is 1.69 bits per heavy atom. The zero-order chi connectivity index (χ0) is 10.0. The van der Waals surface area contributed by atoms with E-state index in [-0.39, 0.29) is 11.7 Å². The van der Waals surface area contributed by atoms with Crippen LogP contribution in [0.2, 0.25) is 0 Å². The van der Waals surface area contributed by atoms with Crippen LogP contribution in [0.15, 0.2) is 10.7 Å². The van der Waals surface area contributed by atoms with E-state index in [1.54, 1.807) is 6.20 Å². The number of nitrogens with one attached hydrogen (secondary N) is 1. The highest BCUT2D eigenvalue weighted by atomic mass is 79.9. The summed E-state index contributed by atoms with van der Waals surface area (Å²) in [5.41, 5.74) is 1.43. The van der Waals surface area contributed by atoms with E-state index in [9.17, 15) is 4.79 Å². The van der Waals surface area contributed by atoms with Crippen LogP contribution in [-0.4, -0.2) is 22.5 Å². The first-order valence-corrected chi connectivity index (χ1v) is 4.88. The molecule has 0 saturated heterocycles. The Labute approximate surface area is 85.3 Å². The number of aromatic nitrogens is 1. The van der Waals surface area contributed by atoms with Gasteiger partial charge in [-0.15, -0.1) is 0 Å². The van der Waals surface area contributed by atoms with Crippen molar-refractivity contribution in [3.05, 3.63) is 21.9 Å². The summed E-state index contributed by atoms with van der Waals surface area (Å²) >= 11 is 3.35. The molecular formula is C9H12BrNO2. The number of hydrogen-bond acceptors (Lipinski definition) is 2. The summed E-state index contributed by atoms with van der Waals surface area (Å²) in [5.74, 6) is -0.0134. The summed E-state index contributed by atoms with van der Waals surface area (Å²) in [6.07, 6.45) is 1.72. The summed E-state index contributed by atoms with van der Waals surface area (Å²) in [5, 5.41) is 8.72. The number of aromatic amines is 1. The molecule has 0 aromatic carbocycles. The van der Waals surface area contributed by atoms with Gasteiger partial charge >= 0.3 is 0 Å². The third-order valence-electron chi connectivity index (χ3n) is 1.87. The van der Waals surface area contributed by atoms with E-state index < -0.39 is 6.61 Å². The summed E-state index contributed by atoms with van der Waals surface area (Å²) in [6, 6.07) is 0. The van der Waals surface area contributed by atoms with E-state index >= 15 is 0 Å². The first kappa shape index (κ1) is 10.5. The number of ketones is 1. The van der Waals surface area contributed by atoms with E-state index in [2.05, 4.69) is 20.9 Å². The highest BCUT2D eigenvalue weighted by molar-refractivity contribution is 9.10. The van der Waals surface area contributed by atoms with Gasteiger partial charge in [0.25, 0.3) is 0 Å². The molecule has 72 valence electrons. The molecule has 3 nitrogen and oxygen atoms in total. The van der Waals surface area contributed by atoms with Crippen molar-refractivity contribution in [3.63, 3.8) is 0 Å². The Morgan fingerprint density at radius 3 is 2.77 bits per heavy atom. The van der Waals surface area contributed by atoms with Crippen LogP contribution in [0.4, 0.5) is 0 Å². The molecule has 0 amide bonds. The second kappa shape index (κ2) is 4.07. The van der Waals surface area contributed by atoms with Crippen LogP contribution in [0.5, 0.6) is 0 Å². The van der Waals surface area contributed by atoms with E-state index in [1.165, 1.54) is 0 Å². The standard InChI is InChI=1S/C9H12BrNO2/c1-5(2)8-6(10)3-11-9(8)7(13)4-12/h3,5,11-12H,4H2,1-2H3. The number of rotatable bonds is 3. The molecule has 0 radical (unpaired) electrons. The van der Waals surface area contributed by atoms with E-state index in [0.29, 0.717) is 5.69 Å². The molecule has 1 aromatic rings. The van der Waals surface area contributed by atoms with Crippen molar-refractivity contribution in [2.24, 2.45) is 0 Å². The number of aliphatic hydroxyl groups is 1. The lowest BCUT2D eigenvalue weighted by molar-refractivity contribution is 0.0898. The maximum atomic E-state index is 11.2. The minimum atomic E-state index is -0.452. The van der Waals surface area contributed by atoms with E-state index in [1.807, 2.05) is 13.8 Å². The predicted molar refractivity (Wildman–Crippen MR) is 54.0 cm³/mol. The summed E-state index contributed by atoms with van der Waals surface area (Å²) in [6.45, 7) is 3.55. The van der Waals surface area contributed by atoms with Gasteiger partial charge in [-0.2, -0.15) is 0 Å². The van der Waals surface area contributed by atoms with Crippen LogP contribution < -0.4 is 0 Å². The second-order valence-electron chi connectivity index (χ2n) is 3.16. The van der Waals surface area contributed by atoms with Crippen LogP contribution in [0.25, 0.3) is 0 Å². The van der Waals surface area contributed by atoms with Crippen LogP contribution in [-0.2, 0) is 0 Å². The maximum absolute atomic E-state index is 11.2. The number of halogens is 1. The quantitative estimate of drug-likeness (QED) is 0.802. The van der Waals surface area contributed by atoms with Crippen LogP contribution in [0, 0.1) is 0 Å². The summed E-state index contributed by atoms with van der Waals surface area (Å²) < 4.78 is 0.888. The lowest BCUT2D eigenvalue weighted by atomic mass is 10.0. The number of H-pyrrole nitrogens is 1. The topological polar surface area (TPSA) is 53.1 Å². The van der Waals surface area contributed by atoms with Crippen molar-refractivity contribution in [1.82, 2.24) is 4.98 Å². The number of Topliss-reactive ketones (excluding diaryl/α,β-unsaturated/α-hetero) is 1. The second-order valence-corrected chi connectivity index (χ2v) is 4.02. The van der Waals surface area contributed by atoms with Crippen molar-refractivity contribution in [2.45, 2.75) is 19.8 Å². The number of carbonyl (C=O) groups excluding carboxylic acids is 1. The van der Waals surface area contributed by atoms with Gasteiger partial charge < -0.3 is 10.1 Å². The van der Waals surface area contributed by atoms with Gasteiger partial charge in [-0.1, -0.05) is 13.8 Å². The van der Waals surface area contributed by atoms with Crippen molar-refractivity contribution in [3.8, 4) is 0 Å². The minimum Gasteiger partial charge on any atom is -0.388 e. The molecule has 0 fully saturated rings. The maximum Gasteiger partial charge on any atom is 0.204 e. The molecule has 0 aliphatic heterocycles. The Hall–Kier alpha value is -0.610. The Morgan fingerprint density at radius 2 is 2.31 bits per heavy atom. The molecule has 0 aliphatic rings. The molecule has 0 bridgehead atoms. The average molecular weight is 246 g/mol. The van der Waals surface area contributed by atoms with Gasteiger partial charge in [0.2, 0.25) is 5.78 Å². The van der Waals surface area contributed by atoms with Crippen molar-refractivity contribution in [1.29, 1.82) is 0 Å². The molecule has 4 heteroatoms. The van der Waals surface area contributed by atoms with Crippen molar-refractivity contribution < 1.29 is 9.90 Å². The average Bonchev–Trinajstić information content (AvgIpc) is 2.45. The SMILES string of the molecule is CC(C)c1c(Br)c[nH]c1C(=O)CO. The minimum absolute atomic E-state index is 0.256. The fraction of sp³-hybridized carbons (Fsp3) is 0.444. The molecule has 2 N–H and O–H groups in total. The lowest BCUT2D eigenvalue weighted by Crippen LogP contribution is -2.08. The lowest BCUT2D eigenvalue weighted by Gasteiger charge is -2.05. The highest BCUT2D eigenvalue weighted by Crippen LogP contribution is 2.28. The monoisotopic (exact) mass is 245 g/mol. The van der Waals surface area contributed by atoms with Crippen LogP contribution in [0.1, 0.15) is 35.8 Å².